The van der Waals surface area contributed by atoms with E-state index in [1.54, 1.807) is 35.9 Å². The first kappa shape index (κ1) is 17.1. The second-order valence-electron chi connectivity index (χ2n) is 6.11. The van der Waals surface area contributed by atoms with E-state index in [0.29, 0.717) is 0 Å². The van der Waals surface area contributed by atoms with Crippen LogP contribution in [0, 0.1) is 0 Å². The van der Waals surface area contributed by atoms with Gasteiger partial charge in [-0.05, 0) is 58.6 Å². The van der Waals surface area contributed by atoms with Crippen LogP contribution in [0.25, 0.3) is 6.08 Å². The van der Waals surface area contributed by atoms with Crippen molar-refractivity contribution < 1.29 is 9.53 Å². The van der Waals surface area contributed by atoms with Crippen molar-refractivity contribution in [1.82, 2.24) is 4.90 Å². The molecule has 1 atom stereocenters. The Morgan fingerprint density at radius 1 is 1.15 bits per heavy atom. The number of hydrogen-bond acceptors (Lipinski definition) is 4. The topological polar surface area (TPSA) is 29.5 Å². The van der Waals surface area contributed by atoms with Gasteiger partial charge in [0.2, 0.25) is 5.91 Å². The van der Waals surface area contributed by atoms with Crippen LogP contribution in [0.2, 0.25) is 0 Å². The van der Waals surface area contributed by atoms with Crippen LogP contribution in [0.3, 0.4) is 0 Å². The largest absolute Gasteiger partial charge is 0.497 e. The molecule has 3 aromatic rings. The molecular formula is C21H19NO2S2. The van der Waals surface area contributed by atoms with E-state index in [1.807, 2.05) is 35.2 Å². The van der Waals surface area contributed by atoms with Gasteiger partial charge in [0.15, 0.2) is 0 Å². The molecule has 1 aliphatic heterocycles. The molecule has 0 bridgehead atoms. The van der Waals surface area contributed by atoms with Crippen molar-refractivity contribution in [1.29, 1.82) is 0 Å². The molecule has 4 rings (SSSR count). The van der Waals surface area contributed by atoms with Crippen LogP contribution < -0.4 is 4.74 Å². The monoisotopic (exact) mass is 381 g/mol. The summed E-state index contributed by atoms with van der Waals surface area (Å²) in [5.74, 6) is 0.864. The Hall–Kier alpha value is -2.37. The smallest absolute Gasteiger partial charge is 0.247 e. The molecule has 0 N–H and O–H groups in total. The van der Waals surface area contributed by atoms with E-state index in [1.165, 1.54) is 15.3 Å². The zero-order valence-electron chi connectivity index (χ0n) is 14.4. The van der Waals surface area contributed by atoms with Gasteiger partial charge in [-0.15, -0.1) is 22.7 Å². The Morgan fingerprint density at radius 3 is 2.73 bits per heavy atom. The molecule has 132 valence electrons. The maximum absolute atomic E-state index is 13.0. The number of carbonyl (C=O) groups excluding carboxylic acids is 1. The lowest BCUT2D eigenvalue weighted by Gasteiger charge is -2.34. The van der Waals surface area contributed by atoms with Gasteiger partial charge in [0, 0.05) is 22.4 Å². The molecule has 0 aliphatic carbocycles. The minimum absolute atomic E-state index is 0.0259. The summed E-state index contributed by atoms with van der Waals surface area (Å²) in [6, 6.07) is 14.1. The SMILES string of the molecule is COc1ccc(/C=C/C(=O)N2CCc3sccc3[C@@H]2c2cccs2)cc1. The number of methoxy groups -OCH3 is 1. The molecular weight excluding hydrogens is 362 g/mol. The number of rotatable bonds is 4. The summed E-state index contributed by atoms with van der Waals surface area (Å²) >= 11 is 3.50. The minimum atomic E-state index is 0.0259. The van der Waals surface area contributed by atoms with Crippen LogP contribution in [0.1, 0.15) is 26.9 Å². The number of benzene rings is 1. The molecule has 5 heteroatoms. The van der Waals surface area contributed by atoms with E-state index in [2.05, 4.69) is 29.0 Å². The Labute approximate surface area is 161 Å². The molecule has 3 nitrogen and oxygen atoms in total. The second kappa shape index (κ2) is 7.48. The first-order chi connectivity index (χ1) is 12.8. The summed E-state index contributed by atoms with van der Waals surface area (Å²) < 4.78 is 5.17. The molecule has 2 aromatic heterocycles. The average molecular weight is 382 g/mol. The number of hydrogen-bond donors (Lipinski definition) is 0. The summed E-state index contributed by atoms with van der Waals surface area (Å²) in [7, 11) is 1.65. The first-order valence-electron chi connectivity index (χ1n) is 8.48. The van der Waals surface area contributed by atoms with Gasteiger partial charge in [-0.25, -0.2) is 0 Å². The zero-order valence-corrected chi connectivity index (χ0v) is 16.1. The number of ether oxygens (including phenoxy) is 1. The molecule has 0 spiro atoms. The lowest BCUT2D eigenvalue weighted by atomic mass is 9.98. The number of carbonyl (C=O) groups is 1. The van der Waals surface area contributed by atoms with Crippen molar-refractivity contribution >= 4 is 34.7 Å². The van der Waals surface area contributed by atoms with Crippen molar-refractivity contribution in [2.75, 3.05) is 13.7 Å². The van der Waals surface area contributed by atoms with Gasteiger partial charge >= 0.3 is 0 Å². The lowest BCUT2D eigenvalue weighted by molar-refractivity contribution is -0.127. The van der Waals surface area contributed by atoms with Crippen molar-refractivity contribution in [2.24, 2.45) is 0 Å². The summed E-state index contributed by atoms with van der Waals surface area (Å²) in [6.07, 6.45) is 4.48. The van der Waals surface area contributed by atoms with Crippen LogP contribution in [-0.4, -0.2) is 24.5 Å². The maximum atomic E-state index is 13.0. The van der Waals surface area contributed by atoms with Gasteiger partial charge < -0.3 is 9.64 Å². The van der Waals surface area contributed by atoms with E-state index >= 15 is 0 Å². The third-order valence-corrected chi connectivity index (χ3v) is 6.52. The average Bonchev–Trinajstić information content (AvgIpc) is 3.37. The molecule has 0 radical (unpaired) electrons. The van der Waals surface area contributed by atoms with Gasteiger partial charge in [-0.1, -0.05) is 18.2 Å². The van der Waals surface area contributed by atoms with Crippen LogP contribution in [-0.2, 0) is 11.2 Å². The van der Waals surface area contributed by atoms with Crippen LogP contribution in [0.4, 0.5) is 0 Å². The molecule has 3 heterocycles. The molecule has 0 saturated heterocycles. The summed E-state index contributed by atoms with van der Waals surface area (Å²) in [6.45, 7) is 0.752. The highest BCUT2D eigenvalue weighted by Gasteiger charge is 2.32. The van der Waals surface area contributed by atoms with Gasteiger partial charge in [0.05, 0.1) is 13.2 Å². The third-order valence-electron chi connectivity index (χ3n) is 4.60. The van der Waals surface area contributed by atoms with E-state index in [4.69, 9.17) is 4.74 Å². The Balaban J connectivity index is 1.59. The molecule has 0 unspecified atom stereocenters. The Bertz CT molecular complexity index is 910. The third kappa shape index (κ3) is 3.32. The molecule has 1 aromatic carbocycles. The van der Waals surface area contributed by atoms with E-state index in [9.17, 15) is 4.79 Å². The maximum Gasteiger partial charge on any atom is 0.247 e. The lowest BCUT2D eigenvalue weighted by Crippen LogP contribution is -2.38. The Morgan fingerprint density at radius 2 is 2.00 bits per heavy atom. The van der Waals surface area contributed by atoms with Crippen molar-refractivity contribution in [2.45, 2.75) is 12.5 Å². The molecule has 0 saturated carbocycles. The molecule has 1 aliphatic rings. The van der Waals surface area contributed by atoms with Crippen LogP contribution in [0.5, 0.6) is 5.75 Å². The fraction of sp³-hybridized carbons (Fsp3) is 0.190. The number of nitrogens with zero attached hydrogens (tertiary/aromatic N) is 1. The predicted octanol–water partition coefficient (Wildman–Crippen LogP) is 5.01. The summed E-state index contributed by atoms with van der Waals surface area (Å²) in [5, 5.41) is 4.21. The normalized spacial score (nSPS) is 16.7. The van der Waals surface area contributed by atoms with Crippen molar-refractivity contribution in [3.05, 3.63) is 80.2 Å². The van der Waals surface area contributed by atoms with Gasteiger partial charge in [-0.2, -0.15) is 0 Å². The van der Waals surface area contributed by atoms with Gasteiger partial charge in [0.25, 0.3) is 0 Å². The van der Waals surface area contributed by atoms with E-state index in [-0.39, 0.29) is 11.9 Å². The van der Waals surface area contributed by atoms with E-state index in [0.717, 1.165) is 24.3 Å². The summed E-state index contributed by atoms with van der Waals surface area (Å²) in [5.41, 5.74) is 2.26. The van der Waals surface area contributed by atoms with Crippen LogP contribution >= 0.6 is 22.7 Å². The van der Waals surface area contributed by atoms with Gasteiger partial charge in [-0.3, -0.25) is 4.79 Å². The molecule has 0 fully saturated rings. The summed E-state index contributed by atoms with van der Waals surface area (Å²) in [4.78, 5) is 17.6. The fourth-order valence-electron chi connectivity index (χ4n) is 3.29. The first-order valence-corrected chi connectivity index (χ1v) is 10.2. The van der Waals surface area contributed by atoms with Crippen molar-refractivity contribution in [3.8, 4) is 5.75 Å². The zero-order chi connectivity index (χ0) is 17.9. The van der Waals surface area contributed by atoms with E-state index < -0.39 is 0 Å². The highest BCUT2D eigenvalue weighted by atomic mass is 32.1. The predicted molar refractivity (Wildman–Crippen MR) is 108 cm³/mol. The highest BCUT2D eigenvalue weighted by Crippen LogP contribution is 2.39. The Kier molecular flexibility index (Phi) is 4.91. The molecule has 1 amide bonds. The van der Waals surface area contributed by atoms with Gasteiger partial charge in [0.1, 0.15) is 5.75 Å². The minimum Gasteiger partial charge on any atom is -0.497 e. The second-order valence-corrected chi connectivity index (χ2v) is 8.09. The standard InChI is InChI=1S/C21H19NO2S2/c1-24-16-7-4-15(5-8-16)6-9-20(23)22-12-10-18-17(11-14-26-18)21(22)19-3-2-13-25-19/h2-9,11,13-14,21H,10,12H2,1H3/b9-6+/t21-/m1/s1. The molecule has 26 heavy (non-hydrogen) atoms. The van der Waals surface area contributed by atoms with Crippen LogP contribution in [0.15, 0.2) is 59.3 Å². The number of amides is 1. The highest BCUT2D eigenvalue weighted by molar-refractivity contribution is 7.10. The quantitative estimate of drug-likeness (QED) is 0.595. The number of fused-ring (bicyclic) bond motifs is 1. The van der Waals surface area contributed by atoms with Crippen molar-refractivity contribution in [3.63, 3.8) is 0 Å². The fourth-order valence-corrected chi connectivity index (χ4v) is 5.04. The number of thiophene rings is 2.